The summed E-state index contributed by atoms with van der Waals surface area (Å²) in [6, 6.07) is 0.107. The van der Waals surface area contributed by atoms with E-state index in [2.05, 4.69) is 15.2 Å². The lowest BCUT2D eigenvalue weighted by molar-refractivity contribution is -0.123. The Kier molecular flexibility index (Phi) is 7.05. The van der Waals surface area contributed by atoms with Crippen molar-refractivity contribution in [3.05, 3.63) is 10.6 Å². The minimum Gasteiger partial charge on any atom is -0.464 e. The summed E-state index contributed by atoms with van der Waals surface area (Å²) in [6.45, 7) is 2.00. The SMILES string of the molecule is O=C(CC1CC1(F)F)N[C@H]1CC[C@H](CCN2CCc3sc(OCC(F)F)nc3C2)CC1. The molecule has 1 aliphatic heterocycles. The van der Waals surface area contributed by atoms with Crippen LogP contribution < -0.4 is 10.1 Å². The number of hydrogen-bond acceptors (Lipinski definition) is 5. The van der Waals surface area contributed by atoms with Gasteiger partial charge in [-0.15, -0.1) is 0 Å². The van der Waals surface area contributed by atoms with Crippen LogP contribution in [0.4, 0.5) is 17.6 Å². The molecule has 5 nitrogen and oxygen atoms in total. The predicted molar refractivity (Wildman–Crippen MR) is 109 cm³/mol. The fourth-order valence-electron chi connectivity index (χ4n) is 4.58. The Hall–Kier alpha value is -1.42. The van der Waals surface area contributed by atoms with Gasteiger partial charge >= 0.3 is 0 Å². The van der Waals surface area contributed by atoms with E-state index in [1.54, 1.807) is 0 Å². The van der Waals surface area contributed by atoms with Crippen molar-refractivity contribution in [3.63, 3.8) is 0 Å². The smallest absolute Gasteiger partial charge is 0.273 e. The summed E-state index contributed by atoms with van der Waals surface area (Å²) >= 11 is 1.37. The number of carbonyl (C=O) groups is 1. The van der Waals surface area contributed by atoms with Gasteiger partial charge in [-0.1, -0.05) is 11.3 Å². The van der Waals surface area contributed by atoms with E-state index >= 15 is 0 Å². The van der Waals surface area contributed by atoms with Crippen molar-refractivity contribution in [2.24, 2.45) is 11.8 Å². The average Bonchev–Trinajstić information content (AvgIpc) is 3.13. The Morgan fingerprint density at radius 3 is 2.71 bits per heavy atom. The zero-order valence-corrected chi connectivity index (χ0v) is 18.2. The van der Waals surface area contributed by atoms with E-state index in [4.69, 9.17) is 4.74 Å². The van der Waals surface area contributed by atoms with Crippen LogP contribution in [0.2, 0.25) is 0 Å². The number of ether oxygens (including phenoxy) is 1. The molecular formula is C21H29F4N3O2S. The van der Waals surface area contributed by atoms with Crippen molar-refractivity contribution in [2.45, 2.75) is 76.3 Å². The summed E-state index contributed by atoms with van der Waals surface area (Å²) in [5.74, 6) is -3.04. The van der Waals surface area contributed by atoms with Crippen LogP contribution in [0, 0.1) is 11.8 Å². The monoisotopic (exact) mass is 463 g/mol. The van der Waals surface area contributed by atoms with Crippen LogP contribution in [0.5, 0.6) is 5.19 Å². The first-order chi connectivity index (χ1) is 14.8. The van der Waals surface area contributed by atoms with Crippen molar-refractivity contribution >= 4 is 17.2 Å². The molecule has 1 atom stereocenters. The molecule has 1 N–H and O–H groups in total. The topological polar surface area (TPSA) is 54.5 Å². The Balaban J connectivity index is 1.13. The van der Waals surface area contributed by atoms with E-state index in [-0.39, 0.29) is 24.8 Å². The maximum Gasteiger partial charge on any atom is 0.273 e. The highest BCUT2D eigenvalue weighted by Crippen LogP contribution is 2.50. The van der Waals surface area contributed by atoms with E-state index in [1.807, 2.05) is 0 Å². The number of halogens is 4. The van der Waals surface area contributed by atoms with Gasteiger partial charge in [0.05, 0.1) is 5.69 Å². The molecule has 3 aliphatic rings. The predicted octanol–water partition coefficient (Wildman–Crippen LogP) is 4.26. The second kappa shape index (κ2) is 9.60. The molecule has 0 saturated heterocycles. The Morgan fingerprint density at radius 1 is 1.29 bits per heavy atom. The largest absolute Gasteiger partial charge is 0.464 e. The third-order valence-electron chi connectivity index (χ3n) is 6.57. The van der Waals surface area contributed by atoms with Crippen LogP contribution in [0.15, 0.2) is 0 Å². The molecule has 1 unspecified atom stereocenters. The van der Waals surface area contributed by atoms with Gasteiger partial charge in [-0.3, -0.25) is 9.69 Å². The highest BCUT2D eigenvalue weighted by molar-refractivity contribution is 7.13. The van der Waals surface area contributed by atoms with E-state index in [9.17, 15) is 22.4 Å². The second-order valence-electron chi connectivity index (χ2n) is 9.02. The van der Waals surface area contributed by atoms with Crippen molar-refractivity contribution in [2.75, 3.05) is 19.7 Å². The number of aromatic nitrogens is 1. The van der Waals surface area contributed by atoms with E-state index < -0.39 is 24.9 Å². The summed E-state index contributed by atoms with van der Waals surface area (Å²) in [7, 11) is 0. The van der Waals surface area contributed by atoms with Crippen LogP contribution in [-0.2, 0) is 17.8 Å². The van der Waals surface area contributed by atoms with Crippen LogP contribution in [-0.4, -0.2) is 53.9 Å². The van der Waals surface area contributed by atoms with Gasteiger partial charge in [-0.05, 0) is 51.0 Å². The summed E-state index contributed by atoms with van der Waals surface area (Å²) in [4.78, 5) is 19.8. The fraction of sp³-hybridized carbons (Fsp3) is 0.810. The maximum atomic E-state index is 13.0. The molecule has 31 heavy (non-hydrogen) atoms. The van der Waals surface area contributed by atoms with Crippen LogP contribution in [0.1, 0.15) is 55.5 Å². The Bertz CT molecular complexity index is 768. The third-order valence-corrected chi connectivity index (χ3v) is 7.64. The number of nitrogens with one attached hydrogen (secondary N) is 1. The molecule has 0 bridgehead atoms. The first-order valence-electron chi connectivity index (χ1n) is 11.1. The average molecular weight is 464 g/mol. The minimum absolute atomic E-state index is 0.0601. The molecule has 0 spiro atoms. The molecule has 0 aromatic carbocycles. The Morgan fingerprint density at radius 2 is 2.03 bits per heavy atom. The molecule has 2 aliphatic carbocycles. The van der Waals surface area contributed by atoms with E-state index in [0.717, 1.165) is 68.7 Å². The molecule has 174 valence electrons. The molecule has 1 aromatic heterocycles. The third kappa shape index (κ3) is 6.31. The van der Waals surface area contributed by atoms with Crippen LogP contribution in [0.3, 0.4) is 0 Å². The van der Waals surface area contributed by atoms with Gasteiger partial charge in [0.1, 0.15) is 0 Å². The standard InChI is InChI=1S/C21H29F4N3O2S/c22-18(23)12-30-20-27-16-11-28(8-6-17(16)31-20)7-5-13-1-3-15(4-2-13)26-19(29)9-14-10-21(14,24)25/h13-15,18H,1-12H2,(H,26,29)/t13-,14?,15-. The summed E-state index contributed by atoms with van der Waals surface area (Å²) in [5, 5.41) is 3.27. The number of nitrogens with zero attached hydrogens (tertiary/aromatic N) is 2. The fourth-order valence-corrected chi connectivity index (χ4v) is 5.49. The lowest BCUT2D eigenvalue weighted by Crippen LogP contribution is -2.38. The van der Waals surface area contributed by atoms with Gasteiger partial charge < -0.3 is 10.1 Å². The van der Waals surface area contributed by atoms with Crippen molar-refractivity contribution in [1.82, 2.24) is 15.2 Å². The lowest BCUT2D eigenvalue weighted by atomic mass is 9.84. The molecular weight excluding hydrogens is 434 g/mol. The molecule has 2 fully saturated rings. The Labute approximate surface area is 183 Å². The van der Waals surface area contributed by atoms with E-state index in [1.165, 1.54) is 11.3 Å². The highest BCUT2D eigenvalue weighted by Gasteiger charge is 2.57. The van der Waals surface area contributed by atoms with Crippen molar-refractivity contribution in [3.8, 4) is 5.19 Å². The molecule has 2 heterocycles. The zero-order valence-electron chi connectivity index (χ0n) is 17.4. The van der Waals surface area contributed by atoms with Gasteiger partial charge in [0.15, 0.2) is 6.61 Å². The zero-order chi connectivity index (χ0) is 22.0. The quantitative estimate of drug-likeness (QED) is 0.556. The number of thiazole rings is 1. The summed E-state index contributed by atoms with van der Waals surface area (Å²) < 4.78 is 55.6. The first-order valence-corrected chi connectivity index (χ1v) is 11.9. The number of carbonyl (C=O) groups excluding carboxylic acids is 1. The van der Waals surface area contributed by atoms with Crippen LogP contribution in [0.25, 0.3) is 0 Å². The number of alkyl halides is 4. The number of fused-ring (bicyclic) bond motifs is 1. The first kappa shape index (κ1) is 22.8. The molecule has 10 heteroatoms. The molecule has 2 saturated carbocycles. The molecule has 0 radical (unpaired) electrons. The number of rotatable bonds is 9. The number of hydrogen-bond donors (Lipinski definition) is 1. The lowest BCUT2D eigenvalue weighted by Gasteiger charge is -2.32. The van der Waals surface area contributed by atoms with E-state index in [0.29, 0.717) is 11.1 Å². The summed E-state index contributed by atoms with van der Waals surface area (Å²) in [5.41, 5.74) is 0.938. The van der Waals surface area contributed by atoms with Gasteiger partial charge in [0.2, 0.25) is 5.91 Å². The molecule has 1 aromatic rings. The van der Waals surface area contributed by atoms with Crippen molar-refractivity contribution in [1.29, 1.82) is 0 Å². The van der Waals surface area contributed by atoms with Gasteiger partial charge in [0.25, 0.3) is 17.5 Å². The normalized spacial score (nSPS) is 27.7. The molecule has 1 amide bonds. The second-order valence-corrected chi connectivity index (χ2v) is 10.1. The van der Waals surface area contributed by atoms with Gasteiger partial charge in [0, 0.05) is 42.8 Å². The van der Waals surface area contributed by atoms with Crippen LogP contribution >= 0.6 is 11.3 Å². The maximum absolute atomic E-state index is 13.0. The molecule has 4 rings (SSSR count). The number of amides is 1. The minimum atomic E-state index is -2.64. The highest BCUT2D eigenvalue weighted by atomic mass is 32.1. The van der Waals surface area contributed by atoms with Crippen molar-refractivity contribution < 1.29 is 27.1 Å². The summed E-state index contributed by atoms with van der Waals surface area (Å²) in [6.07, 6.45) is 3.09. The van der Waals surface area contributed by atoms with Gasteiger partial charge in [-0.25, -0.2) is 22.5 Å². The van der Waals surface area contributed by atoms with Gasteiger partial charge in [-0.2, -0.15) is 0 Å².